The molecule has 33 heavy (non-hydrogen) atoms. The van der Waals surface area contributed by atoms with Gasteiger partial charge in [0.2, 0.25) is 5.95 Å². The van der Waals surface area contributed by atoms with Crippen molar-refractivity contribution in [2.45, 2.75) is 23.5 Å². The number of hydrogen-bond acceptors (Lipinski definition) is 6. The quantitative estimate of drug-likeness (QED) is 0.257. The van der Waals surface area contributed by atoms with Gasteiger partial charge in [-0.25, -0.2) is 14.2 Å². The van der Waals surface area contributed by atoms with Crippen LogP contribution >= 0.6 is 11.8 Å². The lowest BCUT2D eigenvalue weighted by Gasteiger charge is -2.17. The Labute approximate surface area is 191 Å². The minimum atomic E-state index is -4.71. The Kier molecular flexibility index (Phi) is 7.42. The van der Waals surface area contributed by atoms with Crippen LogP contribution in [0.1, 0.15) is 27.0 Å². The molecular formula is C22H20F4N4O2S. The minimum Gasteiger partial charge on any atom is -0.477 e. The lowest BCUT2D eigenvalue weighted by Crippen LogP contribution is -2.18. The summed E-state index contributed by atoms with van der Waals surface area (Å²) in [6.07, 6.45) is -4.71. The third kappa shape index (κ3) is 6.35. The predicted molar refractivity (Wildman–Crippen MR) is 118 cm³/mol. The Morgan fingerprint density at radius 1 is 1.09 bits per heavy atom. The van der Waals surface area contributed by atoms with E-state index >= 15 is 0 Å². The van der Waals surface area contributed by atoms with Gasteiger partial charge in [-0.2, -0.15) is 18.2 Å². The largest absolute Gasteiger partial charge is 0.477 e. The van der Waals surface area contributed by atoms with Crippen molar-refractivity contribution in [3.8, 4) is 0 Å². The van der Waals surface area contributed by atoms with Crippen LogP contribution in [0.4, 0.5) is 29.3 Å². The van der Waals surface area contributed by atoms with E-state index in [-0.39, 0.29) is 34.5 Å². The highest BCUT2D eigenvalue weighted by atomic mass is 32.2. The van der Waals surface area contributed by atoms with Crippen molar-refractivity contribution in [1.82, 2.24) is 9.97 Å². The topological polar surface area (TPSA) is 78.4 Å². The van der Waals surface area contributed by atoms with Crippen LogP contribution in [0.5, 0.6) is 0 Å². The number of nitrogens with one attached hydrogen (secondary N) is 1. The maximum Gasteiger partial charge on any atom is 0.416 e. The maximum atomic E-state index is 13.7. The van der Waals surface area contributed by atoms with Crippen LogP contribution in [0, 0.1) is 5.82 Å². The molecule has 0 saturated carbocycles. The number of aromatic nitrogens is 2. The maximum absolute atomic E-state index is 13.7. The molecule has 0 saturated heterocycles. The summed E-state index contributed by atoms with van der Waals surface area (Å²) in [5.41, 5.74) is -0.400. The van der Waals surface area contributed by atoms with Crippen molar-refractivity contribution in [1.29, 1.82) is 0 Å². The number of benzene rings is 2. The number of nitrogens with zero attached hydrogens (tertiary/aromatic N) is 3. The van der Waals surface area contributed by atoms with Crippen molar-refractivity contribution >= 4 is 29.5 Å². The molecule has 2 aromatic carbocycles. The van der Waals surface area contributed by atoms with Gasteiger partial charge in [-0.3, -0.25) is 0 Å². The normalized spacial score (nSPS) is 11.3. The van der Waals surface area contributed by atoms with E-state index in [1.54, 1.807) is 19.0 Å². The van der Waals surface area contributed by atoms with Gasteiger partial charge in [0.05, 0.1) is 5.56 Å². The first-order valence-corrected chi connectivity index (χ1v) is 10.6. The van der Waals surface area contributed by atoms with Crippen LogP contribution in [0.3, 0.4) is 0 Å². The van der Waals surface area contributed by atoms with E-state index in [1.165, 1.54) is 11.8 Å². The van der Waals surface area contributed by atoms with Gasteiger partial charge in [-0.05, 0) is 29.3 Å². The standard InChI is InChI=1S/C22H20F4N4O2S/c1-30(2)21-28-18(27-11-14-8-15(22(24,25)26)10-16(23)9-14)17(20(31)32)19(29-21)33-12-13-6-4-3-5-7-13/h3-10H,11-12H2,1-2H3,(H,31,32)(H,27,28,29). The van der Waals surface area contributed by atoms with Crippen LogP contribution in [0.15, 0.2) is 53.6 Å². The monoisotopic (exact) mass is 480 g/mol. The summed E-state index contributed by atoms with van der Waals surface area (Å²) in [6.45, 7) is -0.270. The molecule has 2 N–H and O–H groups in total. The summed E-state index contributed by atoms with van der Waals surface area (Å²) in [4.78, 5) is 22.2. The van der Waals surface area contributed by atoms with Crippen molar-refractivity contribution in [2.75, 3.05) is 24.3 Å². The Morgan fingerprint density at radius 2 is 1.79 bits per heavy atom. The third-order valence-corrected chi connectivity index (χ3v) is 5.49. The highest BCUT2D eigenvalue weighted by Crippen LogP contribution is 2.32. The Morgan fingerprint density at radius 3 is 2.39 bits per heavy atom. The molecule has 0 spiro atoms. The molecule has 174 valence electrons. The number of rotatable bonds is 8. The fraction of sp³-hybridized carbons (Fsp3) is 0.227. The molecular weight excluding hydrogens is 460 g/mol. The average Bonchev–Trinajstić information content (AvgIpc) is 2.75. The van der Waals surface area contributed by atoms with Crippen LogP contribution in [0.2, 0.25) is 0 Å². The van der Waals surface area contributed by atoms with Crippen molar-refractivity contribution < 1.29 is 27.5 Å². The van der Waals surface area contributed by atoms with Crippen molar-refractivity contribution in [3.63, 3.8) is 0 Å². The number of thioether (sulfide) groups is 1. The molecule has 11 heteroatoms. The van der Waals surface area contributed by atoms with Crippen LogP contribution in [-0.2, 0) is 18.5 Å². The highest BCUT2D eigenvalue weighted by Gasteiger charge is 2.31. The second-order valence-electron chi connectivity index (χ2n) is 7.23. The second-order valence-corrected chi connectivity index (χ2v) is 8.19. The second kappa shape index (κ2) is 10.1. The number of anilines is 2. The number of halogens is 4. The number of hydrogen-bond donors (Lipinski definition) is 2. The minimum absolute atomic E-state index is 0.0119. The molecule has 1 heterocycles. The molecule has 0 aliphatic rings. The third-order valence-electron chi connectivity index (χ3n) is 4.44. The zero-order valence-corrected chi connectivity index (χ0v) is 18.5. The molecule has 0 radical (unpaired) electrons. The van der Waals surface area contributed by atoms with Gasteiger partial charge in [0.25, 0.3) is 0 Å². The van der Waals surface area contributed by atoms with E-state index in [9.17, 15) is 27.5 Å². The van der Waals surface area contributed by atoms with Crippen LogP contribution in [-0.4, -0.2) is 35.1 Å². The van der Waals surface area contributed by atoms with E-state index < -0.39 is 23.5 Å². The van der Waals surface area contributed by atoms with Crippen LogP contribution in [0.25, 0.3) is 0 Å². The highest BCUT2D eigenvalue weighted by molar-refractivity contribution is 7.98. The van der Waals surface area contributed by atoms with Gasteiger partial charge in [0.1, 0.15) is 22.2 Å². The number of alkyl halides is 3. The first-order chi connectivity index (χ1) is 15.5. The summed E-state index contributed by atoms with van der Waals surface area (Å²) in [5.74, 6) is -1.75. The molecule has 0 amide bonds. The van der Waals surface area contributed by atoms with Crippen LogP contribution < -0.4 is 10.2 Å². The Bertz CT molecular complexity index is 1140. The molecule has 6 nitrogen and oxygen atoms in total. The fourth-order valence-corrected chi connectivity index (χ4v) is 3.85. The first kappa shape index (κ1) is 24.3. The summed E-state index contributed by atoms with van der Waals surface area (Å²) < 4.78 is 52.7. The lowest BCUT2D eigenvalue weighted by molar-refractivity contribution is -0.137. The molecule has 3 rings (SSSR count). The predicted octanol–water partition coefficient (Wildman–Crippen LogP) is 5.30. The summed E-state index contributed by atoms with van der Waals surface area (Å²) >= 11 is 1.20. The molecule has 3 aromatic rings. The van der Waals surface area contributed by atoms with Crippen molar-refractivity contribution in [2.24, 2.45) is 0 Å². The van der Waals surface area contributed by atoms with Gasteiger partial charge in [0, 0.05) is 26.4 Å². The van der Waals surface area contributed by atoms with Gasteiger partial charge >= 0.3 is 12.1 Å². The van der Waals surface area contributed by atoms with E-state index in [0.717, 1.165) is 17.7 Å². The summed E-state index contributed by atoms with van der Waals surface area (Å²) in [6, 6.07) is 11.5. The molecule has 0 bridgehead atoms. The molecule has 0 aliphatic heterocycles. The van der Waals surface area contributed by atoms with E-state index in [1.807, 2.05) is 30.3 Å². The Balaban J connectivity index is 1.94. The number of carboxylic acids is 1. The summed E-state index contributed by atoms with van der Waals surface area (Å²) in [5, 5.41) is 12.8. The van der Waals surface area contributed by atoms with Gasteiger partial charge in [-0.15, -0.1) is 11.8 Å². The smallest absolute Gasteiger partial charge is 0.416 e. The number of aromatic carboxylic acids is 1. The zero-order chi connectivity index (χ0) is 24.2. The molecule has 0 atom stereocenters. The van der Waals surface area contributed by atoms with E-state index in [0.29, 0.717) is 11.8 Å². The average molecular weight is 480 g/mol. The Hall–Kier alpha value is -3.34. The molecule has 0 unspecified atom stereocenters. The van der Waals surface area contributed by atoms with E-state index in [4.69, 9.17) is 0 Å². The number of carbonyl (C=O) groups is 1. The summed E-state index contributed by atoms with van der Waals surface area (Å²) in [7, 11) is 3.35. The SMILES string of the molecule is CN(C)c1nc(NCc2cc(F)cc(C(F)(F)F)c2)c(C(=O)O)c(SCc2ccccc2)n1. The van der Waals surface area contributed by atoms with Gasteiger partial charge in [0.15, 0.2) is 0 Å². The van der Waals surface area contributed by atoms with Crippen molar-refractivity contribution in [3.05, 3.63) is 76.6 Å². The first-order valence-electron chi connectivity index (χ1n) is 9.64. The fourth-order valence-electron chi connectivity index (χ4n) is 2.88. The van der Waals surface area contributed by atoms with Gasteiger partial charge < -0.3 is 15.3 Å². The molecule has 1 aromatic heterocycles. The molecule has 0 aliphatic carbocycles. The lowest BCUT2D eigenvalue weighted by atomic mass is 10.1. The zero-order valence-electron chi connectivity index (χ0n) is 17.7. The number of carboxylic acid groups (broad SMARTS) is 1. The molecule has 0 fully saturated rings. The van der Waals surface area contributed by atoms with E-state index in [2.05, 4.69) is 15.3 Å². The van der Waals surface area contributed by atoms with Gasteiger partial charge in [-0.1, -0.05) is 30.3 Å².